The summed E-state index contributed by atoms with van der Waals surface area (Å²) < 4.78 is 13.4. The fourth-order valence-electron chi connectivity index (χ4n) is 6.21. The van der Waals surface area contributed by atoms with Gasteiger partial charge in [-0.1, -0.05) is 42.5 Å². The Labute approximate surface area is 271 Å². The second-order valence-electron chi connectivity index (χ2n) is 11.4. The number of aryl methyl sites for hydroxylation is 2. The molecule has 10 heteroatoms. The number of nitrogens with zero attached hydrogens (tertiary/aromatic N) is 4. The molecule has 4 heterocycles. The third-order valence-electron chi connectivity index (χ3n) is 8.64. The predicted molar refractivity (Wildman–Crippen MR) is 181 cm³/mol. The van der Waals surface area contributed by atoms with Crippen molar-refractivity contribution < 1.29 is 14.3 Å². The third kappa shape index (κ3) is 6.05. The molecule has 0 saturated heterocycles. The van der Waals surface area contributed by atoms with E-state index in [1.165, 1.54) is 10.9 Å². The molecule has 1 amide bonds. The highest BCUT2D eigenvalue weighted by Gasteiger charge is 2.27. The van der Waals surface area contributed by atoms with Crippen LogP contribution < -0.4 is 14.8 Å². The lowest BCUT2D eigenvalue weighted by Gasteiger charge is -2.20. The fraction of sp³-hybridized carbons (Fsp3) is 0.189. The molecule has 3 aromatic carbocycles. The second kappa shape index (κ2) is 13.2. The Morgan fingerprint density at radius 3 is 2.38 bits per heavy atom. The van der Waals surface area contributed by atoms with Gasteiger partial charge in [0.1, 0.15) is 28.8 Å². The van der Waals surface area contributed by atoms with Crippen molar-refractivity contribution >= 4 is 27.7 Å². The number of fused-ring (bicyclic) bond motifs is 2. The third-order valence-corrected chi connectivity index (χ3v) is 8.64. The first-order chi connectivity index (χ1) is 23.1. The van der Waals surface area contributed by atoms with Crippen molar-refractivity contribution in [1.29, 1.82) is 0 Å². The van der Waals surface area contributed by atoms with E-state index in [2.05, 4.69) is 55.3 Å². The van der Waals surface area contributed by atoms with E-state index in [0.717, 1.165) is 45.6 Å². The van der Waals surface area contributed by atoms with Crippen molar-refractivity contribution in [3.63, 3.8) is 0 Å². The summed E-state index contributed by atoms with van der Waals surface area (Å²) in [4.78, 5) is 24.3. The fourth-order valence-corrected chi connectivity index (χ4v) is 6.21. The van der Waals surface area contributed by atoms with Crippen molar-refractivity contribution in [1.82, 2.24) is 35.0 Å². The molecule has 0 aliphatic heterocycles. The highest BCUT2D eigenvalue weighted by molar-refractivity contribution is 5.92. The van der Waals surface area contributed by atoms with Crippen molar-refractivity contribution in [2.75, 3.05) is 20.8 Å². The molecular formula is C37H35N7O3. The van der Waals surface area contributed by atoms with Gasteiger partial charge in [0.05, 0.1) is 26.7 Å². The average Bonchev–Trinajstić information content (AvgIpc) is 3.85. The Hall–Kier alpha value is -5.90. The Balaban J connectivity index is 1.30. The van der Waals surface area contributed by atoms with Gasteiger partial charge in [0.2, 0.25) is 0 Å². The Morgan fingerprint density at radius 2 is 1.60 bits per heavy atom. The van der Waals surface area contributed by atoms with Gasteiger partial charge in [-0.05, 0) is 53.9 Å². The number of amides is 1. The van der Waals surface area contributed by atoms with Gasteiger partial charge in [-0.15, -0.1) is 10.2 Å². The van der Waals surface area contributed by atoms with Crippen LogP contribution in [0, 0.1) is 0 Å². The van der Waals surface area contributed by atoms with E-state index in [0.29, 0.717) is 30.2 Å². The number of aromatic nitrogens is 6. The van der Waals surface area contributed by atoms with Crippen LogP contribution in [0.4, 0.5) is 0 Å². The summed E-state index contributed by atoms with van der Waals surface area (Å²) in [6.07, 6.45) is 7.12. The zero-order valence-corrected chi connectivity index (χ0v) is 26.2. The normalized spacial score (nSPS) is 12.0. The van der Waals surface area contributed by atoms with Crippen LogP contribution in [-0.4, -0.2) is 56.4 Å². The summed E-state index contributed by atoms with van der Waals surface area (Å²) in [6.45, 7) is 0.753. The van der Waals surface area contributed by atoms with Crippen molar-refractivity contribution in [2.45, 2.75) is 25.3 Å². The molecule has 10 nitrogen and oxygen atoms in total. The Bertz CT molecular complexity index is 2150. The molecule has 4 aromatic heterocycles. The molecule has 7 aromatic rings. The number of hydrogen-bond donors (Lipinski definition) is 3. The predicted octanol–water partition coefficient (Wildman–Crippen LogP) is 6.05. The minimum absolute atomic E-state index is 0.252. The van der Waals surface area contributed by atoms with E-state index in [-0.39, 0.29) is 18.4 Å². The van der Waals surface area contributed by atoms with Crippen LogP contribution in [0.1, 0.15) is 44.7 Å². The van der Waals surface area contributed by atoms with Gasteiger partial charge in [-0.2, -0.15) is 0 Å². The number of pyridine rings is 1. The Kier molecular flexibility index (Phi) is 8.38. The number of hydrogen-bond acceptors (Lipinski definition) is 6. The molecule has 1 atom stereocenters. The van der Waals surface area contributed by atoms with Gasteiger partial charge in [-0.3, -0.25) is 9.78 Å². The van der Waals surface area contributed by atoms with Crippen LogP contribution in [0.5, 0.6) is 11.5 Å². The van der Waals surface area contributed by atoms with Crippen molar-refractivity contribution in [3.8, 4) is 11.5 Å². The number of carbonyl (C=O) groups is 1. The molecule has 7 rings (SSSR count). The summed E-state index contributed by atoms with van der Waals surface area (Å²) in [5.74, 6) is 2.42. The minimum atomic E-state index is -0.322. The van der Waals surface area contributed by atoms with Gasteiger partial charge < -0.3 is 29.3 Å². The van der Waals surface area contributed by atoms with Crippen LogP contribution in [0.3, 0.4) is 0 Å². The van der Waals surface area contributed by atoms with E-state index in [1.54, 1.807) is 38.6 Å². The number of aromatic amines is 2. The first kappa shape index (κ1) is 29.8. The lowest BCUT2D eigenvalue weighted by atomic mass is 9.97. The number of methoxy groups -OCH3 is 2. The molecule has 236 valence electrons. The SMILES string of the molecule is COc1ccc(Cn2c(CCc3c[nH]c4ccccc34)nnc2[C@@H](CNC(=O)c2ccccn2)c2c[nH]c3ccccc23)c(OC)c1. The van der Waals surface area contributed by atoms with Gasteiger partial charge in [0.25, 0.3) is 5.91 Å². The molecule has 0 spiro atoms. The summed E-state index contributed by atoms with van der Waals surface area (Å²) in [7, 11) is 3.30. The number of ether oxygens (including phenoxy) is 2. The van der Waals surface area contributed by atoms with E-state index in [1.807, 2.05) is 48.7 Å². The first-order valence-electron chi connectivity index (χ1n) is 15.6. The number of benzene rings is 3. The van der Waals surface area contributed by atoms with Gasteiger partial charge in [-0.25, -0.2) is 0 Å². The van der Waals surface area contributed by atoms with Gasteiger partial charge in [0, 0.05) is 65.0 Å². The first-order valence-corrected chi connectivity index (χ1v) is 15.6. The molecule has 0 aliphatic carbocycles. The quantitative estimate of drug-likeness (QED) is 0.152. The highest BCUT2D eigenvalue weighted by atomic mass is 16.5. The standard InChI is InChI=1S/C37H35N7O3/c1-46-26-16-14-25(34(19-26)47-2)23-44-35(17-15-24-20-39-31-11-5-3-9-27(24)31)42-43-36(44)30(22-41-37(45)33-13-7-8-18-38-33)29-21-40-32-12-6-4-10-28(29)32/h3-14,16,18-21,30,39-40H,15,17,22-23H2,1-2H3,(H,41,45)/t30-/m0/s1. The molecule has 47 heavy (non-hydrogen) atoms. The zero-order chi connectivity index (χ0) is 32.2. The van der Waals surface area contributed by atoms with Gasteiger partial charge >= 0.3 is 0 Å². The van der Waals surface area contributed by atoms with Crippen LogP contribution in [0.25, 0.3) is 21.8 Å². The van der Waals surface area contributed by atoms with E-state index in [9.17, 15) is 4.79 Å². The van der Waals surface area contributed by atoms with Crippen LogP contribution >= 0.6 is 0 Å². The number of H-pyrrole nitrogens is 2. The maximum atomic E-state index is 13.2. The maximum Gasteiger partial charge on any atom is 0.269 e. The summed E-state index contributed by atoms with van der Waals surface area (Å²) in [5.41, 5.74) is 5.66. The molecule has 0 fully saturated rings. The molecular weight excluding hydrogens is 590 g/mol. The van der Waals surface area contributed by atoms with E-state index >= 15 is 0 Å². The van der Waals surface area contributed by atoms with Crippen LogP contribution in [0.15, 0.2) is 104 Å². The largest absolute Gasteiger partial charge is 0.497 e. The monoisotopic (exact) mass is 625 g/mol. The lowest BCUT2D eigenvalue weighted by Crippen LogP contribution is -2.31. The topological polar surface area (TPSA) is 123 Å². The number of rotatable bonds is 12. The van der Waals surface area contributed by atoms with Crippen molar-refractivity contribution in [2.24, 2.45) is 0 Å². The smallest absolute Gasteiger partial charge is 0.269 e. The van der Waals surface area contributed by atoms with E-state index in [4.69, 9.17) is 19.7 Å². The molecule has 0 aliphatic rings. The van der Waals surface area contributed by atoms with Crippen molar-refractivity contribution in [3.05, 3.63) is 138 Å². The van der Waals surface area contributed by atoms with E-state index < -0.39 is 0 Å². The molecule has 0 unspecified atom stereocenters. The van der Waals surface area contributed by atoms with Crippen LogP contribution in [0.2, 0.25) is 0 Å². The second-order valence-corrected chi connectivity index (χ2v) is 11.4. The minimum Gasteiger partial charge on any atom is -0.497 e. The number of carbonyl (C=O) groups excluding carboxylic acids is 1. The highest BCUT2D eigenvalue weighted by Crippen LogP contribution is 2.33. The zero-order valence-electron chi connectivity index (χ0n) is 26.2. The average molecular weight is 626 g/mol. The molecule has 0 bridgehead atoms. The maximum absolute atomic E-state index is 13.2. The lowest BCUT2D eigenvalue weighted by molar-refractivity contribution is 0.0947. The number of nitrogens with one attached hydrogen (secondary N) is 3. The summed E-state index contributed by atoms with van der Waals surface area (Å²) >= 11 is 0. The van der Waals surface area contributed by atoms with Gasteiger partial charge in [0.15, 0.2) is 0 Å². The van der Waals surface area contributed by atoms with Crippen LogP contribution in [-0.2, 0) is 19.4 Å². The summed E-state index contributed by atoms with van der Waals surface area (Å²) in [6, 6.07) is 27.6. The molecule has 3 N–H and O–H groups in total. The molecule has 0 radical (unpaired) electrons. The number of para-hydroxylation sites is 2. The molecule has 0 saturated carbocycles. The Morgan fingerprint density at radius 1 is 0.830 bits per heavy atom. The summed E-state index contributed by atoms with van der Waals surface area (Å²) in [5, 5.41) is 15.0.